The average Bonchev–Trinajstić information content (AvgIpc) is 2.78. The van der Waals surface area contributed by atoms with Gasteiger partial charge in [0, 0.05) is 60.0 Å². The molecule has 0 atom stereocenters. The number of rotatable bonds is 2. The van der Waals surface area contributed by atoms with Crippen molar-refractivity contribution in [3.63, 3.8) is 0 Å². The number of nitrogens with zero attached hydrogens (tertiary/aromatic N) is 2. The van der Waals surface area contributed by atoms with Crippen molar-refractivity contribution >= 4 is 10.8 Å². The van der Waals surface area contributed by atoms with Gasteiger partial charge >= 0.3 is 0 Å². The first-order valence-corrected chi connectivity index (χ1v) is 8.43. The second-order valence-corrected chi connectivity index (χ2v) is 6.85. The summed E-state index contributed by atoms with van der Waals surface area (Å²) in [6.07, 6.45) is 4.18. The Labute approximate surface area is 111 Å². The number of hydrogen-bond acceptors (Lipinski definition) is 3. The van der Waals surface area contributed by atoms with E-state index >= 15 is 0 Å². The SMILES string of the molecule is CCc1nc2c(n1C1CCS(=O)CC1)CCNC2. The first kappa shape index (κ1) is 12.4. The lowest BCUT2D eigenvalue weighted by molar-refractivity contribution is 0.430. The quantitative estimate of drug-likeness (QED) is 0.875. The fraction of sp³-hybridized carbons (Fsp3) is 0.769. The van der Waals surface area contributed by atoms with Crippen molar-refractivity contribution in [3.8, 4) is 0 Å². The minimum atomic E-state index is -0.579. The predicted molar refractivity (Wildman–Crippen MR) is 73.2 cm³/mol. The summed E-state index contributed by atoms with van der Waals surface area (Å²) in [5.41, 5.74) is 2.67. The highest BCUT2D eigenvalue weighted by molar-refractivity contribution is 7.85. The lowest BCUT2D eigenvalue weighted by Crippen LogP contribution is -2.28. The summed E-state index contributed by atoms with van der Waals surface area (Å²) in [5.74, 6) is 2.94. The molecule has 0 spiro atoms. The zero-order chi connectivity index (χ0) is 12.5. The van der Waals surface area contributed by atoms with Crippen LogP contribution in [0.15, 0.2) is 0 Å². The lowest BCUT2D eigenvalue weighted by atomic mass is 10.1. The largest absolute Gasteiger partial charge is 0.329 e. The van der Waals surface area contributed by atoms with Gasteiger partial charge < -0.3 is 9.88 Å². The number of hydrogen-bond donors (Lipinski definition) is 1. The van der Waals surface area contributed by atoms with Crippen molar-refractivity contribution in [2.24, 2.45) is 0 Å². The van der Waals surface area contributed by atoms with Gasteiger partial charge in [0.2, 0.25) is 0 Å². The molecule has 2 aliphatic rings. The molecule has 1 saturated heterocycles. The third-order valence-electron chi connectivity index (χ3n) is 4.04. The van der Waals surface area contributed by atoms with Crippen molar-refractivity contribution in [1.29, 1.82) is 0 Å². The Hall–Kier alpha value is -0.680. The molecule has 4 nitrogen and oxygen atoms in total. The Morgan fingerprint density at radius 3 is 2.94 bits per heavy atom. The Morgan fingerprint density at radius 2 is 2.22 bits per heavy atom. The standard InChI is InChI=1S/C13H21N3OS/c1-2-13-15-11-9-14-6-3-12(11)16(13)10-4-7-18(17)8-5-10/h10,14H,2-9H2,1H3. The molecule has 3 rings (SSSR count). The van der Waals surface area contributed by atoms with E-state index in [1.165, 1.54) is 17.2 Å². The maximum atomic E-state index is 11.5. The Morgan fingerprint density at radius 1 is 1.44 bits per heavy atom. The second kappa shape index (κ2) is 5.13. The van der Waals surface area contributed by atoms with Gasteiger partial charge in [-0.1, -0.05) is 6.92 Å². The van der Waals surface area contributed by atoms with E-state index in [-0.39, 0.29) is 0 Å². The van der Waals surface area contributed by atoms with Crippen molar-refractivity contribution in [2.45, 2.75) is 45.2 Å². The molecule has 0 bridgehead atoms. The minimum absolute atomic E-state index is 0.534. The number of aryl methyl sites for hydroxylation is 1. The van der Waals surface area contributed by atoms with Crippen molar-refractivity contribution in [2.75, 3.05) is 18.1 Å². The highest BCUT2D eigenvalue weighted by Crippen LogP contribution is 2.28. The van der Waals surface area contributed by atoms with Crippen molar-refractivity contribution < 1.29 is 4.21 Å². The first-order valence-electron chi connectivity index (χ1n) is 6.94. The fourth-order valence-corrected chi connectivity index (χ4v) is 4.38. The molecule has 1 N–H and O–H groups in total. The molecule has 3 heterocycles. The third kappa shape index (κ3) is 2.14. The van der Waals surface area contributed by atoms with E-state index in [9.17, 15) is 4.21 Å². The summed E-state index contributed by atoms with van der Waals surface area (Å²) < 4.78 is 14.0. The Kier molecular flexibility index (Phi) is 3.52. The molecule has 0 radical (unpaired) electrons. The van der Waals surface area contributed by atoms with Crippen LogP contribution in [0.5, 0.6) is 0 Å². The molecule has 0 saturated carbocycles. The summed E-state index contributed by atoms with van der Waals surface area (Å²) >= 11 is 0. The van der Waals surface area contributed by atoms with Gasteiger partial charge in [0.15, 0.2) is 0 Å². The number of aromatic nitrogens is 2. The third-order valence-corrected chi connectivity index (χ3v) is 5.42. The van der Waals surface area contributed by atoms with Crippen LogP contribution < -0.4 is 5.32 Å². The number of imidazole rings is 1. The van der Waals surface area contributed by atoms with Crippen LogP contribution in [0.1, 0.15) is 43.0 Å². The van der Waals surface area contributed by atoms with E-state index in [0.29, 0.717) is 6.04 Å². The van der Waals surface area contributed by atoms with E-state index in [1.807, 2.05) is 0 Å². The van der Waals surface area contributed by atoms with E-state index < -0.39 is 10.8 Å². The van der Waals surface area contributed by atoms with Crippen LogP contribution >= 0.6 is 0 Å². The van der Waals surface area contributed by atoms with Gasteiger partial charge in [-0.2, -0.15) is 0 Å². The molecule has 1 aromatic rings. The highest BCUT2D eigenvalue weighted by atomic mass is 32.2. The highest BCUT2D eigenvalue weighted by Gasteiger charge is 2.26. The van der Waals surface area contributed by atoms with Crippen LogP contribution in [0.2, 0.25) is 0 Å². The summed E-state index contributed by atoms with van der Waals surface area (Å²) in [5, 5.41) is 3.39. The van der Waals surface area contributed by atoms with Crippen LogP contribution in [-0.4, -0.2) is 31.8 Å². The normalized spacial score (nSPS) is 28.1. The molecule has 1 fully saturated rings. The smallest absolute Gasteiger partial charge is 0.109 e. The van der Waals surface area contributed by atoms with Gasteiger partial charge in [-0.05, 0) is 12.8 Å². The van der Waals surface area contributed by atoms with E-state index in [1.54, 1.807) is 0 Å². The maximum absolute atomic E-state index is 11.5. The van der Waals surface area contributed by atoms with E-state index in [2.05, 4.69) is 16.8 Å². The summed E-state index contributed by atoms with van der Waals surface area (Å²) in [4.78, 5) is 4.79. The average molecular weight is 267 g/mol. The summed E-state index contributed by atoms with van der Waals surface area (Å²) in [6, 6.07) is 0.534. The maximum Gasteiger partial charge on any atom is 0.109 e. The molecular weight excluding hydrogens is 246 g/mol. The van der Waals surface area contributed by atoms with Crippen LogP contribution in [0.25, 0.3) is 0 Å². The fourth-order valence-electron chi connectivity index (χ4n) is 3.11. The van der Waals surface area contributed by atoms with Gasteiger partial charge in [0.25, 0.3) is 0 Å². The zero-order valence-electron chi connectivity index (χ0n) is 10.9. The molecular formula is C13H21N3OS. The molecule has 0 unspecified atom stereocenters. The molecule has 0 aliphatic carbocycles. The molecule has 100 valence electrons. The van der Waals surface area contributed by atoms with Crippen LogP contribution in [0, 0.1) is 0 Å². The molecule has 18 heavy (non-hydrogen) atoms. The summed E-state index contributed by atoms with van der Waals surface area (Å²) in [6.45, 7) is 4.15. The Balaban J connectivity index is 1.94. The van der Waals surface area contributed by atoms with Gasteiger partial charge in [-0.25, -0.2) is 4.98 Å². The molecule has 1 aromatic heterocycles. The molecule has 0 amide bonds. The van der Waals surface area contributed by atoms with Gasteiger partial charge in [-0.3, -0.25) is 4.21 Å². The molecule has 2 aliphatic heterocycles. The van der Waals surface area contributed by atoms with Crippen LogP contribution in [-0.2, 0) is 30.2 Å². The van der Waals surface area contributed by atoms with E-state index in [4.69, 9.17) is 4.98 Å². The van der Waals surface area contributed by atoms with Crippen LogP contribution in [0.4, 0.5) is 0 Å². The second-order valence-electron chi connectivity index (χ2n) is 5.15. The van der Waals surface area contributed by atoms with Gasteiger partial charge in [0.05, 0.1) is 5.69 Å². The van der Waals surface area contributed by atoms with Crippen LogP contribution in [0.3, 0.4) is 0 Å². The molecule has 5 heteroatoms. The number of nitrogens with one attached hydrogen (secondary N) is 1. The van der Waals surface area contributed by atoms with Gasteiger partial charge in [0.1, 0.15) is 5.82 Å². The zero-order valence-corrected chi connectivity index (χ0v) is 11.8. The summed E-state index contributed by atoms with van der Waals surface area (Å²) in [7, 11) is -0.579. The minimum Gasteiger partial charge on any atom is -0.329 e. The monoisotopic (exact) mass is 267 g/mol. The number of fused-ring (bicyclic) bond motifs is 1. The van der Waals surface area contributed by atoms with E-state index in [0.717, 1.165) is 50.3 Å². The first-order chi connectivity index (χ1) is 8.79. The van der Waals surface area contributed by atoms with Crippen molar-refractivity contribution in [1.82, 2.24) is 14.9 Å². The Bertz CT molecular complexity index is 459. The molecule has 0 aromatic carbocycles. The van der Waals surface area contributed by atoms with Gasteiger partial charge in [-0.15, -0.1) is 0 Å². The predicted octanol–water partition coefficient (Wildman–Crippen LogP) is 1.17. The topological polar surface area (TPSA) is 46.9 Å². The lowest BCUT2D eigenvalue weighted by Gasteiger charge is -2.27. The van der Waals surface area contributed by atoms with Crippen molar-refractivity contribution in [3.05, 3.63) is 17.2 Å².